The molecule has 0 spiro atoms. The number of hydrogen-bond acceptors (Lipinski definition) is 6. The van der Waals surface area contributed by atoms with Gasteiger partial charge in [-0.25, -0.2) is 0 Å². The highest BCUT2D eigenvalue weighted by molar-refractivity contribution is 8.15. The molecule has 0 aliphatic carbocycles. The van der Waals surface area contributed by atoms with Crippen molar-refractivity contribution in [2.45, 2.75) is 38.9 Å². The third kappa shape index (κ3) is 4.36. The molecular weight excluding hydrogens is 397 g/mol. The Kier molecular flexibility index (Phi) is 5.57. The summed E-state index contributed by atoms with van der Waals surface area (Å²) in [7, 11) is -0.355. The number of carbonyl (C=O) groups is 1. The van der Waals surface area contributed by atoms with Gasteiger partial charge in [0.15, 0.2) is 5.17 Å². The number of rotatable bonds is 4. The van der Waals surface area contributed by atoms with E-state index in [0.29, 0.717) is 10.9 Å². The Labute approximate surface area is 181 Å². The molecule has 154 valence electrons. The maximum atomic E-state index is 11.1. The molecule has 2 saturated heterocycles. The van der Waals surface area contributed by atoms with Crippen LogP contribution in [0.2, 0.25) is 0 Å². The van der Waals surface area contributed by atoms with Crippen molar-refractivity contribution >= 4 is 41.6 Å². The summed E-state index contributed by atoms with van der Waals surface area (Å²) in [6.07, 6.45) is 1.67. The third-order valence-corrected chi connectivity index (χ3v) is 6.49. The van der Waals surface area contributed by atoms with Gasteiger partial charge in [0.2, 0.25) is 5.91 Å². The standard InChI is InChI=1S/C22H24BN3O3S/c1-21(2)22(3,4)29-23(28-21)18-11-9-17(10-12-18)16-7-5-15(6-8-16)13-24-26-20-25-19(27)14-30-20/h5-13H,14H2,1-4H3,(H,25,26,27). The fourth-order valence-electron chi connectivity index (χ4n) is 3.10. The zero-order valence-electron chi connectivity index (χ0n) is 17.5. The van der Waals surface area contributed by atoms with Crippen LogP contribution in [0.15, 0.2) is 58.7 Å². The van der Waals surface area contributed by atoms with E-state index in [0.717, 1.165) is 22.2 Å². The number of benzene rings is 2. The van der Waals surface area contributed by atoms with Gasteiger partial charge in [-0.1, -0.05) is 60.3 Å². The lowest BCUT2D eigenvalue weighted by Gasteiger charge is -2.32. The molecule has 8 heteroatoms. The van der Waals surface area contributed by atoms with Gasteiger partial charge in [0.05, 0.1) is 23.2 Å². The molecule has 6 nitrogen and oxygen atoms in total. The van der Waals surface area contributed by atoms with Crippen molar-refractivity contribution in [3.8, 4) is 11.1 Å². The number of nitrogens with zero attached hydrogens (tertiary/aromatic N) is 2. The molecule has 0 radical (unpaired) electrons. The molecule has 2 aliphatic rings. The Bertz CT molecular complexity index is 985. The van der Waals surface area contributed by atoms with E-state index < -0.39 is 0 Å². The molecule has 1 amide bonds. The molecule has 30 heavy (non-hydrogen) atoms. The minimum Gasteiger partial charge on any atom is -0.399 e. The summed E-state index contributed by atoms with van der Waals surface area (Å²) < 4.78 is 12.2. The van der Waals surface area contributed by atoms with Gasteiger partial charge in [-0.2, -0.15) is 5.10 Å². The minimum atomic E-state index is -0.355. The molecular formula is C22H24BN3O3S. The molecule has 0 bridgehead atoms. The summed E-state index contributed by atoms with van der Waals surface area (Å²) in [6, 6.07) is 16.3. The van der Waals surface area contributed by atoms with Crippen LogP contribution in [0.4, 0.5) is 0 Å². The molecule has 0 atom stereocenters. The lowest BCUT2D eigenvalue weighted by atomic mass is 9.78. The Morgan fingerprint density at radius 2 is 1.53 bits per heavy atom. The van der Waals surface area contributed by atoms with Crippen LogP contribution in [-0.2, 0) is 14.1 Å². The maximum absolute atomic E-state index is 11.1. The Hall–Kier alpha value is -2.42. The van der Waals surface area contributed by atoms with E-state index in [1.165, 1.54) is 11.8 Å². The SMILES string of the molecule is CC1(C)OB(c2ccc(-c3ccc(C=NN=C4NC(=O)CS4)cc3)cc2)OC1(C)C. The average molecular weight is 421 g/mol. The summed E-state index contributed by atoms with van der Waals surface area (Å²) in [6.45, 7) is 8.23. The molecule has 4 rings (SSSR count). The van der Waals surface area contributed by atoms with E-state index in [4.69, 9.17) is 9.31 Å². The first kappa shape index (κ1) is 20.8. The summed E-state index contributed by atoms with van der Waals surface area (Å²) in [4.78, 5) is 11.1. The van der Waals surface area contributed by atoms with E-state index in [2.05, 4.69) is 67.5 Å². The number of amidine groups is 1. The van der Waals surface area contributed by atoms with Crippen molar-refractivity contribution in [3.05, 3.63) is 54.1 Å². The van der Waals surface area contributed by atoms with Gasteiger partial charge in [-0.15, -0.1) is 5.10 Å². The predicted molar refractivity (Wildman–Crippen MR) is 123 cm³/mol. The van der Waals surface area contributed by atoms with Gasteiger partial charge in [-0.3, -0.25) is 4.79 Å². The smallest absolute Gasteiger partial charge is 0.399 e. The lowest BCUT2D eigenvalue weighted by molar-refractivity contribution is -0.116. The summed E-state index contributed by atoms with van der Waals surface area (Å²) >= 11 is 1.35. The summed E-state index contributed by atoms with van der Waals surface area (Å²) in [5.74, 6) is 0.360. The molecule has 0 saturated carbocycles. The summed E-state index contributed by atoms with van der Waals surface area (Å²) in [5, 5.41) is 11.2. The van der Waals surface area contributed by atoms with Crippen molar-refractivity contribution in [2.75, 3.05) is 5.75 Å². The van der Waals surface area contributed by atoms with Crippen LogP contribution in [0.25, 0.3) is 11.1 Å². The molecule has 2 heterocycles. The van der Waals surface area contributed by atoms with Crippen molar-refractivity contribution in [2.24, 2.45) is 10.2 Å². The number of hydrogen-bond donors (Lipinski definition) is 1. The zero-order chi connectivity index (χ0) is 21.4. The van der Waals surface area contributed by atoms with Crippen LogP contribution in [0.3, 0.4) is 0 Å². The second kappa shape index (κ2) is 8.02. The van der Waals surface area contributed by atoms with E-state index in [-0.39, 0.29) is 24.2 Å². The first-order valence-corrected chi connectivity index (χ1v) is 10.8. The molecule has 0 unspecified atom stereocenters. The highest BCUT2D eigenvalue weighted by atomic mass is 32.2. The molecule has 2 aromatic rings. The quantitative estimate of drug-likeness (QED) is 0.468. The van der Waals surface area contributed by atoms with Gasteiger partial charge in [0.25, 0.3) is 0 Å². The number of amides is 1. The Morgan fingerprint density at radius 3 is 2.07 bits per heavy atom. The van der Waals surface area contributed by atoms with Crippen molar-refractivity contribution in [1.82, 2.24) is 5.32 Å². The first-order chi connectivity index (χ1) is 14.2. The van der Waals surface area contributed by atoms with Crippen LogP contribution in [0.1, 0.15) is 33.3 Å². The predicted octanol–water partition coefficient (Wildman–Crippen LogP) is 3.21. The fraction of sp³-hybridized carbons (Fsp3) is 0.318. The number of thioether (sulfide) groups is 1. The van der Waals surface area contributed by atoms with Crippen LogP contribution in [-0.4, -0.2) is 41.4 Å². The van der Waals surface area contributed by atoms with Gasteiger partial charge in [0, 0.05) is 0 Å². The highest BCUT2D eigenvalue weighted by Gasteiger charge is 2.51. The topological polar surface area (TPSA) is 72.3 Å². The number of nitrogens with one attached hydrogen (secondary N) is 1. The lowest BCUT2D eigenvalue weighted by Crippen LogP contribution is -2.41. The van der Waals surface area contributed by atoms with Crippen LogP contribution in [0.5, 0.6) is 0 Å². The Morgan fingerprint density at radius 1 is 0.967 bits per heavy atom. The average Bonchev–Trinajstić information content (AvgIpc) is 3.22. The second-order valence-electron chi connectivity index (χ2n) is 8.32. The van der Waals surface area contributed by atoms with Crippen molar-refractivity contribution < 1.29 is 14.1 Å². The minimum absolute atomic E-state index is 0.0391. The van der Waals surface area contributed by atoms with E-state index in [9.17, 15) is 4.79 Å². The third-order valence-electron chi connectivity index (χ3n) is 5.62. The van der Waals surface area contributed by atoms with Crippen molar-refractivity contribution in [3.63, 3.8) is 0 Å². The van der Waals surface area contributed by atoms with Gasteiger partial charge in [-0.05, 0) is 49.8 Å². The highest BCUT2D eigenvalue weighted by Crippen LogP contribution is 2.36. The van der Waals surface area contributed by atoms with Gasteiger partial charge < -0.3 is 14.6 Å². The van der Waals surface area contributed by atoms with Crippen molar-refractivity contribution in [1.29, 1.82) is 0 Å². The van der Waals surface area contributed by atoms with Gasteiger partial charge in [0.1, 0.15) is 0 Å². The van der Waals surface area contributed by atoms with E-state index in [1.54, 1.807) is 6.21 Å². The monoisotopic (exact) mass is 421 g/mol. The van der Waals surface area contributed by atoms with Crippen LogP contribution < -0.4 is 10.8 Å². The molecule has 0 aromatic heterocycles. The molecule has 1 N–H and O–H groups in total. The Balaban J connectivity index is 1.42. The maximum Gasteiger partial charge on any atom is 0.494 e. The first-order valence-electron chi connectivity index (χ1n) is 9.83. The van der Waals surface area contributed by atoms with Gasteiger partial charge >= 0.3 is 7.12 Å². The molecule has 2 aliphatic heterocycles. The van der Waals surface area contributed by atoms with E-state index >= 15 is 0 Å². The zero-order valence-corrected chi connectivity index (χ0v) is 18.3. The number of carbonyl (C=O) groups excluding carboxylic acids is 1. The van der Waals surface area contributed by atoms with E-state index in [1.807, 2.05) is 24.3 Å². The van der Waals surface area contributed by atoms with Crippen LogP contribution >= 0.6 is 11.8 Å². The largest absolute Gasteiger partial charge is 0.494 e. The second-order valence-corrected chi connectivity index (χ2v) is 9.28. The summed E-state index contributed by atoms with van der Waals surface area (Å²) in [5.41, 5.74) is 3.48. The molecule has 2 fully saturated rings. The molecule has 2 aromatic carbocycles. The van der Waals surface area contributed by atoms with Crippen LogP contribution in [0, 0.1) is 0 Å². The fourth-order valence-corrected chi connectivity index (χ4v) is 3.73. The normalized spacial score (nSPS) is 21.5.